The van der Waals surface area contributed by atoms with Gasteiger partial charge in [-0.25, -0.2) is 4.99 Å². The van der Waals surface area contributed by atoms with E-state index in [4.69, 9.17) is 4.99 Å². The van der Waals surface area contributed by atoms with Gasteiger partial charge in [0, 0.05) is 45.5 Å². The summed E-state index contributed by atoms with van der Waals surface area (Å²) < 4.78 is 3.87. The van der Waals surface area contributed by atoms with Crippen LogP contribution in [0.3, 0.4) is 0 Å². The Morgan fingerprint density at radius 2 is 1.83 bits per heavy atom. The Hall–Kier alpha value is -2.58. The highest BCUT2D eigenvalue weighted by atomic mass is 15.3. The first-order valence-electron chi connectivity index (χ1n) is 11.2. The molecule has 0 radical (unpaired) electrons. The van der Waals surface area contributed by atoms with Crippen molar-refractivity contribution < 1.29 is 0 Å². The summed E-state index contributed by atoms with van der Waals surface area (Å²) in [7, 11) is 3.96. The van der Waals surface area contributed by atoms with E-state index in [1.165, 1.54) is 37.8 Å². The Balaban J connectivity index is 1.44. The molecule has 9 heteroatoms. The van der Waals surface area contributed by atoms with Crippen LogP contribution >= 0.6 is 0 Å². The number of aliphatic imine (C=N–C) groups is 1. The maximum Gasteiger partial charge on any atom is 0.192 e. The minimum absolute atomic E-state index is 0.357. The maximum atomic E-state index is 4.89. The van der Waals surface area contributed by atoms with Gasteiger partial charge < -0.3 is 20.1 Å². The fourth-order valence-electron chi connectivity index (χ4n) is 4.41. The van der Waals surface area contributed by atoms with Gasteiger partial charge in [0.05, 0.1) is 11.9 Å². The SMILES string of the molecule is Cc1nnc(CN=C(NC2CCCCC2)NC2CCCN(c3cnn(C)c3)C2)n1C. The van der Waals surface area contributed by atoms with Gasteiger partial charge in [0.15, 0.2) is 11.8 Å². The van der Waals surface area contributed by atoms with E-state index in [0.29, 0.717) is 18.6 Å². The summed E-state index contributed by atoms with van der Waals surface area (Å²) in [6.07, 6.45) is 12.7. The molecule has 2 aromatic heterocycles. The van der Waals surface area contributed by atoms with Crippen molar-refractivity contribution in [3.63, 3.8) is 0 Å². The summed E-state index contributed by atoms with van der Waals surface area (Å²) in [5, 5.41) is 20.2. The number of hydrogen-bond acceptors (Lipinski definition) is 5. The highest BCUT2D eigenvalue weighted by Gasteiger charge is 2.23. The minimum Gasteiger partial charge on any atom is -0.367 e. The Kier molecular flexibility index (Phi) is 6.54. The number of aryl methyl sites for hydroxylation is 2. The molecular formula is C21H35N9. The van der Waals surface area contributed by atoms with Crippen LogP contribution in [0.2, 0.25) is 0 Å². The van der Waals surface area contributed by atoms with Crippen molar-refractivity contribution in [2.45, 2.75) is 70.5 Å². The first-order valence-corrected chi connectivity index (χ1v) is 11.2. The molecule has 0 bridgehead atoms. The number of nitrogens with one attached hydrogen (secondary N) is 2. The average molecular weight is 414 g/mol. The zero-order valence-electron chi connectivity index (χ0n) is 18.5. The van der Waals surface area contributed by atoms with Crippen LogP contribution in [0.15, 0.2) is 17.4 Å². The molecule has 9 nitrogen and oxygen atoms in total. The molecule has 0 spiro atoms. The largest absolute Gasteiger partial charge is 0.367 e. The van der Waals surface area contributed by atoms with Gasteiger partial charge in [-0.05, 0) is 32.6 Å². The van der Waals surface area contributed by atoms with Crippen molar-refractivity contribution in [1.29, 1.82) is 0 Å². The van der Waals surface area contributed by atoms with Gasteiger partial charge in [-0.3, -0.25) is 4.68 Å². The molecule has 1 atom stereocenters. The lowest BCUT2D eigenvalue weighted by Crippen LogP contribution is -2.53. The van der Waals surface area contributed by atoms with Crippen LogP contribution in [0, 0.1) is 6.92 Å². The van der Waals surface area contributed by atoms with E-state index in [0.717, 1.165) is 43.5 Å². The number of rotatable bonds is 5. The number of aromatic nitrogens is 5. The van der Waals surface area contributed by atoms with Gasteiger partial charge in [-0.1, -0.05) is 19.3 Å². The second kappa shape index (κ2) is 9.49. The Morgan fingerprint density at radius 1 is 1.07 bits per heavy atom. The molecule has 1 saturated heterocycles. The summed E-state index contributed by atoms with van der Waals surface area (Å²) in [6.45, 7) is 4.53. The lowest BCUT2D eigenvalue weighted by Gasteiger charge is -2.35. The van der Waals surface area contributed by atoms with Crippen molar-refractivity contribution in [2.24, 2.45) is 19.1 Å². The monoisotopic (exact) mass is 413 g/mol. The molecule has 0 aromatic carbocycles. The molecule has 3 heterocycles. The van der Waals surface area contributed by atoms with Crippen molar-refractivity contribution in [3.05, 3.63) is 24.0 Å². The van der Waals surface area contributed by atoms with Gasteiger partial charge in [0.1, 0.15) is 12.4 Å². The van der Waals surface area contributed by atoms with E-state index in [9.17, 15) is 0 Å². The summed E-state index contributed by atoms with van der Waals surface area (Å²) >= 11 is 0. The highest BCUT2D eigenvalue weighted by Crippen LogP contribution is 2.20. The molecule has 0 amide bonds. The third kappa shape index (κ3) is 5.12. The molecule has 2 N–H and O–H groups in total. The molecule has 2 aliphatic rings. The molecule has 30 heavy (non-hydrogen) atoms. The molecular weight excluding hydrogens is 378 g/mol. The van der Waals surface area contributed by atoms with E-state index in [2.05, 4.69) is 37.0 Å². The van der Waals surface area contributed by atoms with Crippen LogP contribution in [0.5, 0.6) is 0 Å². The second-order valence-electron chi connectivity index (χ2n) is 8.67. The summed E-state index contributed by atoms with van der Waals surface area (Å²) in [6, 6.07) is 0.860. The van der Waals surface area contributed by atoms with Crippen LogP contribution in [0.4, 0.5) is 5.69 Å². The van der Waals surface area contributed by atoms with E-state index in [-0.39, 0.29) is 0 Å². The zero-order valence-corrected chi connectivity index (χ0v) is 18.5. The molecule has 164 valence electrons. The summed E-state index contributed by atoms with van der Waals surface area (Å²) in [5.41, 5.74) is 1.19. The lowest BCUT2D eigenvalue weighted by molar-refractivity contribution is 0.402. The molecule has 1 saturated carbocycles. The number of guanidine groups is 1. The zero-order chi connectivity index (χ0) is 20.9. The fourth-order valence-corrected chi connectivity index (χ4v) is 4.41. The van der Waals surface area contributed by atoms with Gasteiger partial charge in [0.25, 0.3) is 0 Å². The second-order valence-corrected chi connectivity index (χ2v) is 8.67. The smallest absolute Gasteiger partial charge is 0.192 e. The fraction of sp³-hybridized carbons (Fsp3) is 0.714. The van der Waals surface area contributed by atoms with Gasteiger partial charge >= 0.3 is 0 Å². The van der Waals surface area contributed by atoms with E-state index < -0.39 is 0 Å². The van der Waals surface area contributed by atoms with Crippen LogP contribution in [-0.4, -0.2) is 55.7 Å². The number of nitrogens with zero attached hydrogens (tertiary/aromatic N) is 7. The Bertz CT molecular complexity index is 847. The van der Waals surface area contributed by atoms with Crippen molar-refractivity contribution >= 4 is 11.6 Å². The normalized spacial score (nSPS) is 21.1. The molecule has 4 rings (SSSR count). The minimum atomic E-state index is 0.357. The standard InChI is InChI=1S/C21H35N9/c1-16-26-27-20(29(16)3)13-22-21(24-17-8-5-4-6-9-17)25-18-10-7-11-30(14-18)19-12-23-28(2)15-19/h12,15,17-18H,4-11,13-14H2,1-3H3,(H2,22,24,25). The predicted molar refractivity (Wildman–Crippen MR) is 118 cm³/mol. The highest BCUT2D eigenvalue weighted by molar-refractivity contribution is 5.80. The predicted octanol–water partition coefficient (Wildman–Crippen LogP) is 1.89. The van der Waals surface area contributed by atoms with Crippen LogP contribution in [-0.2, 0) is 20.6 Å². The maximum absolute atomic E-state index is 4.89. The first kappa shape index (κ1) is 20.7. The van der Waals surface area contributed by atoms with E-state index in [1.807, 2.05) is 36.5 Å². The van der Waals surface area contributed by atoms with Gasteiger partial charge in [-0.15, -0.1) is 10.2 Å². The topological polar surface area (TPSA) is 88.2 Å². The van der Waals surface area contributed by atoms with Crippen molar-refractivity contribution in [1.82, 2.24) is 35.2 Å². The number of piperidine rings is 1. The molecule has 2 aromatic rings. The number of anilines is 1. The van der Waals surface area contributed by atoms with Crippen LogP contribution in [0.1, 0.15) is 56.6 Å². The average Bonchev–Trinajstić information content (AvgIpc) is 3.33. The van der Waals surface area contributed by atoms with E-state index >= 15 is 0 Å². The lowest BCUT2D eigenvalue weighted by atomic mass is 9.96. The quantitative estimate of drug-likeness (QED) is 0.575. The first-order chi connectivity index (χ1) is 14.6. The third-order valence-electron chi connectivity index (χ3n) is 6.33. The summed E-state index contributed by atoms with van der Waals surface area (Å²) in [5.74, 6) is 2.70. The Morgan fingerprint density at radius 3 is 2.53 bits per heavy atom. The number of hydrogen-bond donors (Lipinski definition) is 2. The Labute approximate surface area is 179 Å². The van der Waals surface area contributed by atoms with Gasteiger partial charge in [-0.2, -0.15) is 5.10 Å². The molecule has 2 fully saturated rings. The molecule has 1 aliphatic heterocycles. The van der Waals surface area contributed by atoms with Crippen molar-refractivity contribution in [2.75, 3.05) is 18.0 Å². The van der Waals surface area contributed by atoms with E-state index in [1.54, 1.807) is 0 Å². The van der Waals surface area contributed by atoms with Crippen LogP contribution in [0.25, 0.3) is 0 Å². The van der Waals surface area contributed by atoms with Gasteiger partial charge in [0.2, 0.25) is 0 Å². The van der Waals surface area contributed by atoms with Crippen LogP contribution < -0.4 is 15.5 Å². The molecule has 1 unspecified atom stereocenters. The third-order valence-corrected chi connectivity index (χ3v) is 6.33. The van der Waals surface area contributed by atoms with Crippen molar-refractivity contribution in [3.8, 4) is 0 Å². The summed E-state index contributed by atoms with van der Waals surface area (Å²) in [4.78, 5) is 7.31. The molecule has 1 aliphatic carbocycles.